The van der Waals surface area contributed by atoms with Gasteiger partial charge in [-0.1, -0.05) is 46.7 Å². The number of urea groups is 1. The molecule has 0 saturated carbocycles. The van der Waals surface area contributed by atoms with Gasteiger partial charge in [-0.25, -0.2) is 9.78 Å². The summed E-state index contributed by atoms with van der Waals surface area (Å²) < 4.78 is 0. The van der Waals surface area contributed by atoms with Gasteiger partial charge in [-0.3, -0.25) is 10.3 Å². The Morgan fingerprint density at radius 3 is 2.24 bits per heavy atom. The van der Waals surface area contributed by atoms with E-state index < -0.39 is 0 Å². The van der Waals surface area contributed by atoms with E-state index in [0.29, 0.717) is 5.13 Å². The molecule has 2 N–H and O–H groups in total. The number of carbonyl (C=O) groups is 1. The number of pyridine rings is 1. The third-order valence-electron chi connectivity index (χ3n) is 4.32. The summed E-state index contributed by atoms with van der Waals surface area (Å²) in [5.74, 6) is 0. The third-order valence-corrected chi connectivity index (χ3v) is 5.34. The van der Waals surface area contributed by atoms with Crippen LogP contribution in [-0.4, -0.2) is 16.0 Å². The summed E-state index contributed by atoms with van der Waals surface area (Å²) in [4.78, 5) is 22.3. The Morgan fingerprint density at radius 2 is 1.55 bits per heavy atom. The van der Waals surface area contributed by atoms with E-state index in [2.05, 4.69) is 47.7 Å². The monoisotopic (exact) mass is 400 g/mol. The predicted molar refractivity (Wildman–Crippen MR) is 119 cm³/mol. The van der Waals surface area contributed by atoms with E-state index >= 15 is 0 Å². The summed E-state index contributed by atoms with van der Waals surface area (Å²) >= 11 is 1.45. The normalized spacial score (nSPS) is 10.6. The van der Waals surface area contributed by atoms with Crippen LogP contribution in [0.2, 0.25) is 0 Å². The van der Waals surface area contributed by atoms with E-state index in [1.165, 1.54) is 22.5 Å². The number of rotatable bonds is 4. The molecular weight excluding hydrogens is 380 g/mol. The number of para-hydroxylation sites is 1. The van der Waals surface area contributed by atoms with E-state index in [-0.39, 0.29) is 6.03 Å². The van der Waals surface area contributed by atoms with Gasteiger partial charge in [-0.2, -0.15) is 0 Å². The highest BCUT2D eigenvalue weighted by atomic mass is 32.1. The maximum absolute atomic E-state index is 12.4. The van der Waals surface area contributed by atoms with Crippen LogP contribution in [0.4, 0.5) is 15.6 Å². The minimum absolute atomic E-state index is 0.321. The van der Waals surface area contributed by atoms with Crippen LogP contribution in [0, 0.1) is 13.8 Å². The molecular formula is C23H20N4OS. The molecule has 5 nitrogen and oxygen atoms in total. The number of thiazole rings is 1. The van der Waals surface area contributed by atoms with Gasteiger partial charge in [0.2, 0.25) is 0 Å². The van der Waals surface area contributed by atoms with Crippen molar-refractivity contribution in [2.75, 3.05) is 10.6 Å². The van der Waals surface area contributed by atoms with Gasteiger partial charge in [-0.05, 0) is 55.8 Å². The lowest BCUT2D eigenvalue weighted by molar-refractivity contribution is 0.262. The van der Waals surface area contributed by atoms with Crippen molar-refractivity contribution in [3.63, 3.8) is 0 Å². The quantitative estimate of drug-likeness (QED) is 0.433. The number of carbonyl (C=O) groups excluding carboxylic acids is 1. The van der Waals surface area contributed by atoms with Gasteiger partial charge >= 0.3 is 6.03 Å². The molecule has 0 bridgehead atoms. The molecule has 0 unspecified atom stereocenters. The summed E-state index contributed by atoms with van der Waals surface area (Å²) in [5, 5.41) is 6.23. The highest BCUT2D eigenvalue weighted by Crippen LogP contribution is 2.39. The maximum Gasteiger partial charge on any atom is 0.325 e. The first-order valence-electron chi connectivity index (χ1n) is 9.21. The molecule has 2 aromatic carbocycles. The van der Waals surface area contributed by atoms with Crippen molar-refractivity contribution >= 4 is 28.2 Å². The molecule has 4 rings (SSSR count). The van der Waals surface area contributed by atoms with Crippen LogP contribution < -0.4 is 10.6 Å². The van der Waals surface area contributed by atoms with Crippen molar-refractivity contribution < 1.29 is 4.79 Å². The number of nitrogens with zero attached hydrogens (tertiary/aromatic N) is 2. The number of aromatic nitrogens is 2. The van der Waals surface area contributed by atoms with E-state index in [0.717, 1.165) is 27.4 Å². The predicted octanol–water partition coefficient (Wildman–Crippen LogP) is 6.13. The molecule has 0 spiro atoms. The average Bonchev–Trinajstić information content (AvgIpc) is 3.12. The van der Waals surface area contributed by atoms with Gasteiger partial charge in [0.25, 0.3) is 0 Å². The molecule has 2 amide bonds. The van der Waals surface area contributed by atoms with Crippen LogP contribution in [0.15, 0.2) is 73.1 Å². The van der Waals surface area contributed by atoms with E-state index in [9.17, 15) is 4.79 Å². The van der Waals surface area contributed by atoms with Gasteiger partial charge in [0.15, 0.2) is 5.13 Å². The smallest absolute Gasteiger partial charge is 0.308 e. The molecule has 29 heavy (non-hydrogen) atoms. The zero-order valence-electron chi connectivity index (χ0n) is 16.1. The minimum atomic E-state index is -0.321. The Bertz CT molecular complexity index is 1120. The Labute approximate surface area is 173 Å². The topological polar surface area (TPSA) is 66.9 Å². The highest BCUT2D eigenvalue weighted by Gasteiger charge is 2.17. The van der Waals surface area contributed by atoms with Crippen LogP contribution in [0.5, 0.6) is 0 Å². The summed E-state index contributed by atoms with van der Waals surface area (Å²) in [6, 6.07) is 19.3. The Hall–Kier alpha value is -3.51. The number of anilines is 2. The van der Waals surface area contributed by atoms with E-state index in [1.807, 2.05) is 42.5 Å². The number of nitrogens with one attached hydrogen (secondary N) is 2. The summed E-state index contributed by atoms with van der Waals surface area (Å²) in [7, 11) is 0. The van der Waals surface area contributed by atoms with Crippen molar-refractivity contribution in [1.82, 2.24) is 9.97 Å². The summed E-state index contributed by atoms with van der Waals surface area (Å²) in [6.07, 6.45) is 3.52. The van der Waals surface area contributed by atoms with Crippen LogP contribution in [0.25, 0.3) is 21.7 Å². The first-order valence-corrected chi connectivity index (χ1v) is 10.0. The van der Waals surface area contributed by atoms with Crippen molar-refractivity contribution in [2.24, 2.45) is 0 Å². The van der Waals surface area contributed by atoms with Crippen molar-refractivity contribution in [2.45, 2.75) is 13.8 Å². The van der Waals surface area contributed by atoms with Crippen molar-refractivity contribution in [3.05, 3.63) is 84.2 Å². The van der Waals surface area contributed by atoms with Gasteiger partial charge in [0, 0.05) is 23.6 Å². The molecule has 4 aromatic rings. The fourth-order valence-electron chi connectivity index (χ4n) is 3.16. The Balaban J connectivity index is 1.69. The molecule has 144 valence electrons. The number of benzene rings is 2. The zero-order valence-corrected chi connectivity index (χ0v) is 17.0. The van der Waals surface area contributed by atoms with Crippen molar-refractivity contribution in [1.29, 1.82) is 0 Å². The summed E-state index contributed by atoms with van der Waals surface area (Å²) in [5.41, 5.74) is 5.97. The SMILES string of the molecule is Cc1cc(C)cc(-c2nc(NC(=O)Nc3ccccc3)sc2-c2ccncc2)c1. The molecule has 0 aliphatic rings. The van der Waals surface area contributed by atoms with Crippen LogP contribution in [-0.2, 0) is 0 Å². The van der Waals surface area contributed by atoms with Gasteiger partial charge in [0.1, 0.15) is 0 Å². The van der Waals surface area contributed by atoms with E-state index in [4.69, 9.17) is 4.98 Å². The van der Waals surface area contributed by atoms with Crippen LogP contribution in [0.1, 0.15) is 11.1 Å². The molecule has 2 heterocycles. The van der Waals surface area contributed by atoms with Crippen molar-refractivity contribution in [3.8, 4) is 21.7 Å². The highest BCUT2D eigenvalue weighted by molar-refractivity contribution is 7.19. The lowest BCUT2D eigenvalue weighted by Crippen LogP contribution is -2.19. The molecule has 0 saturated heterocycles. The zero-order chi connectivity index (χ0) is 20.2. The molecule has 0 aliphatic carbocycles. The van der Waals surface area contributed by atoms with Crippen LogP contribution >= 0.6 is 11.3 Å². The molecule has 0 radical (unpaired) electrons. The first-order chi connectivity index (χ1) is 14.1. The molecule has 0 aliphatic heterocycles. The lowest BCUT2D eigenvalue weighted by Gasteiger charge is -2.05. The Kier molecular flexibility index (Phi) is 5.35. The van der Waals surface area contributed by atoms with Gasteiger partial charge in [-0.15, -0.1) is 0 Å². The largest absolute Gasteiger partial charge is 0.325 e. The summed E-state index contributed by atoms with van der Waals surface area (Å²) in [6.45, 7) is 4.14. The number of aryl methyl sites for hydroxylation is 2. The van der Waals surface area contributed by atoms with Gasteiger partial charge < -0.3 is 5.32 Å². The standard InChI is InChI=1S/C23H20N4OS/c1-15-12-16(2)14-18(13-15)20-21(17-8-10-24-11-9-17)29-23(26-20)27-22(28)25-19-6-4-3-5-7-19/h3-14H,1-2H3,(H2,25,26,27,28). The minimum Gasteiger partial charge on any atom is -0.308 e. The number of amides is 2. The fraction of sp³-hybridized carbons (Fsp3) is 0.0870. The average molecular weight is 401 g/mol. The van der Waals surface area contributed by atoms with Crippen LogP contribution in [0.3, 0.4) is 0 Å². The number of hydrogen-bond donors (Lipinski definition) is 2. The van der Waals surface area contributed by atoms with E-state index in [1.54, 1.807) is 12.4 Å². The second kappa shape index (κ2) is 8.24. The second-order valence-electron chi connectivity index (χ2n) is 6.75. The first kappa shape index (κ1) is 18.8. The molecule has 6 heteroatoms. The fourth-order valence-corrected chi connectivity index (χ4v) is 4.15. The lowest BCUT2D eigenvalue weighted by atomic mass is 10.0. The molecule has 2 aromatic heterocycles. The Morgan fingerprint density at radius 1 is 0.862 bits per heavy atom. The maximum atomic E-state index is 12.4. The molecule has 0 atom stereocenters. The van der Waals surface area contributed by atoms with Gasteiger partial charge in [0.05, 0.1) is 10.6 Å². The molecule has 0 fully saturated rings. The number of hydrogen-bond acceptors (Lipinski definition) is 4. The second-order valence-corrected chi connectivity index (χ2v) is 7.75. The third kappa shape index (κ3) is 4.50.